The predicted octanol–water partition coefficient (Wildman–Crippen LogP) is 3.84. The molecule has 2 fully saturated rings. The lowest BCUT2D eigenvalue weighted by Gasteiger charge is -2.32. The minimum absolute atomic E-state index is 0.0585. The van der Waals surface area contributed by atoms with Crippen molar-refractivity contribution in [1.29, 1.82) is 0 Å². The SMILES string of the molecule is CC(C)(C)C(=O)OCOP(=O)(CCc1ccccn1)C1CCCN(O)C1=O.CCOCCCOP(=O)(O)C1CCCN(O)C1=O. The Morgan fingerprint density at radius 1 is 1.00 bits per heavy atom. The van der Waals surface area contributed by atoms with Crippen LogP contribution in [0.1, 0.15) is 65.5 Å². The molecule has 4 unspecified atom stereocenters. The van der Waals surface area contributed by atoms with Gasteiger partial charge in [-0.2, -0.15) is 0 Å². The predicted molar refractivity (Wildman–Crippen MR) is 162 cm³/mol. The van der Waals surface area contributed by atoms with Crippen molar-refractivity contribution >= 4 is 32.7 Å². The first-order chi connectivity index (χ1) is 21.1. The van der Waals surface area contributed by atoms with Gasteiger partial charge in [-0.1, -0.05) is 6.07 Å². The number of piperidine rings is 2. The molecule has 0 aromatic carbocycles. The molecule has 2 aliphatic heterocycles. The van der Waals surface area contributed by atoms with Gasteiger partial charge in [0.15, 0.2) is 6.79 Å². The molecule has 1 aromatic heterocycles. The lowest BCUT2D eigenvalue weighted by Crippen LogP contribution is -2.42. The van der Waals surface area contributed by atoms with Gasteiger partial charge in [0, 0.05) is 44.4 Å². The molecule has 2 amide bonds. The van der Waals surface area contributed by atoms with Crippen molar-refractivity contribution < 1.29 is 57.3 Å². The maximum Gasteiger partial charge on any atom is 0.340 e. The van der Waals surface area contributed by atoms with Gasteiger partial charge < -0.3 is 18.9 Å². The number of nitrogens with zero attached hydrogens (tertiary/aromatic N) is 3. The van der Waals surface area contributed by atoms with Crippen LogP contribution in [-0.4, -0.2) is 105 Å². The molecule has 1 aromatic rings. The summed E-state index contributed by atoms with van der Waals surface area (Å²) in [6, 6.07) is 5.39. The summed E-state index contributed by atoms with van der Waals surface area (Å²) < 4.78 is 46.0. The highest BCUT2D eigenvalue weighted by Gasteiger charge is 2.44. The molecule has 3 heterocycles. The summed E-state index contributed by atoms with van der Waals surface area (Å²) in [6.07, 6.45) is 4.15. The highest BCUT2D eigenvalue weighted by atomic mass is 31.2. The van der Waals surface area contributed by atoms with Crippen LogP contribution in [0.2, 0.25) is 0 Å². The molecule has 2 saturated heterocycles. The van der Waals surface area contributed by atoms with Gasteiger partial charge in [0.25, 0.3) is 11.8 Å². The molecule has 256 valence electrons. The van der Waals surface area contributed by atoms with Gasteiger partial charge in [0.1, 0.15) is 11.3 Å². The zero-order valence-electron chi connectivity index (χ0n) is 26.4. The standard InChI is InChI=1S/C18H27N2O6P.C10H20NO6P/c1-18(2,3)17(22)25-13-26-27(24,12-9-14-7-4-5-10-19-14)15-8-6-11-20(23)16(15)21;1-2-16-7-4-8-17-18(14,15)9-5-3-6-11(13)10(9)12/h4-5,7,10,15,23H,6,8-9,11-13H2,1-3H3;9,13H,2-8H2,1H3,(H,14,15). The molecule has 17 heteroatoms. The van der Waals surface area contributed by atoms with E-state index < -0.39 is 56.3 Å². The number of hydrogen-bond donors (Lipinski definition) is 3. The fourth-order valence-corrected chi connectivity index (χ4v) is 8.38. The quantitative estimate of drug-likeness (QED) is 0.0842. The first kappa shape index (κ1) is 39.0. The number of amides is 2. The van der Waals surface area contributed by atoms with Crippen molar-refractivity contribution in [3.63, 3.8) is 0 Å². The molecule has 3 N–H and O–H groups in total. The van der Waals surface area contributed by atoms with Crippen LogP contribution in [0.25, 0.3) is 0 Å². The lowest BCUT2D eigenvalue weighted by atomic mass is 9.98. The van der Waals surface area contributed by atoms with Gasteiger partial charge in [-0.15, -0.1) is 0 Å². The van der Waals surface area contributed by atoms with E-state index >= 15 is 0 Å². The summed E-state index contributed by atoms with van der Waals surface area (Å²) in [6.45, 7) is 7.94. The number of aryl methyl sites for hydroxylation is 1. The second-order valence-electron chi connectivity index (χ2n) is 11.6. The van der Waals surface area contributed by atoms with E-state index in [0.717, 1.165) is 5.69 Å². The third-order valence-electron chi connectivity index (χ3n) is 7.04. The summed E-state index contributed by atoms with van der Waals surface area (Å²) >= 11 is 0. The Morgan fingerprint density at radius 2 is 1.62 bits per heavy atom. The van der Waals surface area contributed by atoms with Crippen LogP contribution in [-0.2, 0) is 48.5 Å². The molecule has 0 aliphatic carbocycles. The second kappa shape index (κ2) is 18.2. The number of aromatic nitrogens is 1. The largest absolute Gasteiger partial charge is 0.438 e. The molecule has 0 spiro atoms. The lowest BCUT2D eigenvalue weighted by molar-refractivity contribution is -0.170. The number of pyridine rings is 1. The molecule has 3 rings (SSSR count). The topological polar surface area (TPSA) is 202 Å². The monoisotopic (exact) mass is 679 g/mol. The molecule has 45 heavy (non-hydrogen) atoms. The number of hydroxylamine groups is 4. The van der Waals surface area contributed by atoms with E-state index in [1.54, 1.807) is 39.1 Å². The van der Waals surface area contributed by atoms with E-state index in [1.807, 2.05) is 13.0 Å². The minimum atomic E-state index is -4.02. The van der Waals surface area contributed by atoms with E-state index in [-0.39, 0.29) is 32.3 Å². The van der Waals surface area contributed by atoms with Crippen LogP contribution in [0.4, 0.5) is 0 Å². The van der Waals surface area contributed by atoms with Crippen LogP contribution in [0.3, 0.4) is 0 Å². The summed E-state index contributed by atoms with van der Waals surface area (Å²) in [7, 11) is -7.55. The second-order valence-corrected chi connectivity index (χ2v) is 16.4. The third kappa shape index (κ3) is 12.5. The molecule has 2 aliphatic rings. The molecule has 0 bridgehead atoms. The first-order valence-electron chi connectivity index (χ1n) is 15.0. The Kier molecular flexibility index (Phi) is 15.8. The average Bonchev–Trinajstić information content (AvgIpc) is 2.99. The van der Waals surface area contributed by atoms with Gasteiger partial charge in [0.05, 0.1) is 12.0 Å². The molecular formula is C28H47N3O12P2. The Hall–Kier alpha value is -2.22. The Bertz CT molecular complexity index is 1200. The molecule has 4 atom stereocenters. The Balaban J connectivity index is 0.000000341. The van der Waals surface area contributed by atoms with E-state index in [2.05, 4.69) is 4.98 Å². The normalized spacial score (nSPS) is 21.8. The third-order valence-corrected chi connectivity index (χ3v) is 11.7. The number of ether oxygens (including phenoxy) is 2. The van der Waals surface area contributed by atoms with Crippen molar-refractivity contribution in [2.24, 2.45) is 5.41 Å². The Labute approximate surface area is 264 Å². The highest BCUT2D eigenvalue weighted by Crippen LogP contribution is 2.55. The van der Waals surface area contributed by atoms with Crippen LogP contribution >= 0.6 is 15.0 Å². The number of carbonyl (C=O) groups excluding carboxylic acids is 3. The van der Waals surface area contributed by atoms with Gasteiger partial charge >= 0.3 is 13.6 Å². The smallest absolute Gasteiger partial charge is 0.340 e. The van der Waals surface area contributed by atoms with Crippen molar-refractivity contribution in [2.75, 3.05) is 45.9 Å². The van der Waals surface area contributed by atoms with Crippen molar-refractivity contribution in [3.05, 3.63) is 30.1 Å². The number of hydrogen-bond acceptors (Lipinski definition) is 12. The van der Waals surface area contributed by atoms with Crippen molar-refractivity contribution in [1.82, 2.24) is 15.1 Å². The fraction of sp³-hybridized carbons (Fsp3) is 0.714. The van der Waals surface area contributed by atoms with Gasteiger partial charge in [-0.05, 0) is 78.4 Å². The van der Waals surface area contributed by atoms with Gasteiger partial charge in [0.2, 0.25) is 7.37 Å². The molecular weight excluding hydrogens is 632 g/mol. The molecule has 0 saturated carbocycles. The van der Waals surface area contributed by atoms with Gasteiger partial charge in [-0.25, -0.2) is 10.1 Å². The average molecular weight is 680 g/mol. The zero-order valence-corrected chi connectivity index (χ0v) is 28.2. The highest BCUT2D eigenvalue weighted by molar-refractivity contribution is 7.60. The van der Waals surface area contributed by atoms with E-state index in [0.29, 0.717) is 55.4 Å². The summed E-state index contributed by atoms with van der Waals surface area (Å²) in [5.41, 5.74) is -2.10. The van der Waals surface area contributed by atoms with Crippen LogP contribution in [0.5, 0.6) is 0 Å². The van der Waals surface area contributed by atoms with E-state index in [9.17, 15) is 38.8 Å². The Morgan fingerprint density at radius 3 is 2.20 bits per heavy atom. The van der Waals surface area contributed by atoms with Crippen LogP contribution < -0.4 is 0 Å². The number of rotatable bonds is 14. The van der Waals surface area contributed by atoms with E-state index in [4.69, 9.17) is 18.5 Å². The maximum absolute atomic E-state index is 13.5. The van der Waals surface area contributed by atoms with Crippen molar-refractivity contribution in [2.45, 2.75) is 77.5 Å². The molecule has 0 radical (unpaired) electrons. The summed E-state index contributed by atoms with van der Waals surface area (Å²) in [5.74, 6) is -1.85. The van der Waals surface area contributed by atoms with Crippen LogP contribution in [0, 0.1) is 5.41 Å². The zero-order chi connectivity index (χ0) is 33.7. The first-order valence-corrected chi connectivity index (χ1v) is 18.5. The number of esters is 1. The minimum Gasteiger partial charge on any atom is -0.438 e. The fourth-order valence-electron chi connectivity index (χ4n) is 4.45. The van der Waals surface area contributed by atoms with E-state index in [1.165, 1.54) is 0 Å². The van der Waals surface area contributed by atoms with Crippen LogP contribution in [0.15, 0.2) is 24.4 Å². The van der Waals surface area contributed by atoms with Crippen molar-refractivity contribution in [3.8, 4) is 0 Å². The number of carbonyl (C=O) groups is 3. The maximum atomic E-state index is 13.5. The molecule has 15 nitrogen and oxygen atoms in total. The van der Waals surface area contributed by atoms with Gasteiger partial charge in [-0.3, -0.25) is 43.4 Å². The summed E-state index contributed by atoms with van der Waals surface area (Å²) in [4.78, 5) is 49.7. The summed E-state index contributed by atoms with van der Waals surface area (Å²) in [5, 5.41) is 20.0.